The smallest absolute Gasteiger partial charge is 0.355 e. The fourth-order valence-corrected chi connectivity index (χ4v) is 1.25. The first-order valence-electron chi connectivity index (χ1n) is 5.81. The molecule has 0 heterocycles. The van der Waals surface area contributed by atoms with Crippen molar-refractivity contribution >= 4 is 11.9 Å². The van der Waals surface area contributed by atoms with Crippen LogP contribution in [0.4, 0.5) is 0 Å². The minimum absolute atomic E-state index is 0.0107. The van der Waals surface area contributed by atoms with E-state index in [0.717, 1.165) is 25.7 Å². The Bertz CT molecular complexity index is 201. The zero-order chi connectivity index (χ0) is 12.2. The van der Waals surface area contributed by atoms with Crippen molar-refractivity contribution in [2.75, 3.05) is 6.61 Å². The van der Waals surface area contributed by atoms with Crippen LogP contribution in [-0.4, -0.2) is 18.5 Å². The molecule has 0 aliphatic carbocycles. The summed E-state index contributed by atoms with van der Waals surface area (Å²) in [5.74, 6) is -1.31. The molecule has 0 amide bonds. The van der Waals surface area contributed by atoms with Crippen molar-refractivity contribution in [1.29, 1.82) is 0 Å². The predicted octanol–water partition coefficient (Wildman–Crippen LogP) is 2.44. The zero-order valence-electron chi connectivity index (χ0n) is 9.70. The number of carbonyl (C=O) groups is 2. The van der Waals surface area contributed by atoms with Gasteiger partial charge in [-0.2, -0.15) is 0 Å². The second-order valence-corrected chi connectivity index (χ2v) is 3.71. The predicted molar refractivity (Wildman–Crippen MR) is 58.9 cm³/mol. The van der Waals surface area contributed by atoms with E-state index in [1.54, 1.807) is 0 Å². The number of esters is 1. The molecule has 2 radical (unpaired) electrons. The second-order valence-electron chi connectivity index (χ2n) is 3.71. The van der Waals surface area contributed by atoms with E-state index >= 15 is 0 Å². The summed E-state index contributed by atoms with van der Waals surface area (Å²) >= 11 is 0. The topological polar surface area (TPSA) is 63.3 Å². The van der Waals surface area contributed by atoms with Gasteiger partial charge in [0.15, 0.2) is 0 Å². The Balaban J connectivity index is 3.21. The molecule has 0 spiro atoms. The van der Waals surface area contributed by atoms with E-state index in [4.69, 9.17) is 4.74 Å². The lowest BCUT2D eigenvalue weighted by molar-refractivity contribution is -0.145. The third kappa shape index (κ3) is 11.0. The highest BCUT2D eigenvalue weighted by molar-refractivity contribution is 5.69. The Morgan fingerprint density at radius 2 is 1.62 bits per heavy atom. The highest BCUT2D eigenvalue weighted by Crippen LogP contribution is 2.03. The molecule has 0 aromatic carbocycles. The highest BCUT2D eigenvalue weighted by Gasteiger charge is 2.04. The summed E-state index contributed by atoms with van der Waals surface area (Å²) < 4.78 is 4.97. The molecule has 4 nitrogen and oxygen atoms in total. The van der Waals surface area contributed by atoms with Gasteiger partial charge in [0.05, 0.1) is 13.0 Å². The summed E-state index contributed by atoms with van der Waals surface area (Å²) in [6.07, 6.45) is 5.20. The SMILES string of the molecule is [CH2]CCCCCOC(=O)CCCCC([O])=O. The molecule has 4 heteroatoms. The van der Waals surface area contributed by atoms with Crippen LogP contribution in [0, 0.1) is 6.92 Å². The van der Waals surface area contributed by atoms with E-state index in [-0.39, 0.29) is 12.4 Å². The van der Waals surface area contributed by atoms with Gasteiger partial charge in [0.25, 0.3) is 0 Å². The quantitative estimate of drug-likeness (QED) is 0.426. The van der Waals surface area contributed by atoms with Crippen LogP contribution in [0.5, 0.6) is 0 Å². The summed E-state index contributed by atoms with van der Waals surface area (Å²) in [4.78, 5) is 21.2. The van der Waals surface area contributed by atoms with E-state index in [1.807, 2.05) is 0 Å². The van der Waals surface area contributed by atoms with Gasteiger partial charge in [-0.15, -0.1) is 0 Å². The van der Waals surface area contributed by atoms with Crippen LogP contribution in [0.1, 0.15) is 51.4 Å². The van der Waals surface area contributed by atoms with E-state index in [0.29, 0.717) is 25.9 Å². The van der Waals surface area contributed by atoms with Crippen molar-refractivity contribution < 1.29 is 19.4 Å². The molecular formula is C12H20O4. The Kier molecular flexibility index (Phi) is 9.76. The molecule has 0 saturated heterocycles. The molecule has 0 aliphatic heterocycles. The number of unbranched alkanes of at least 4 members (excludes halogenated alkanes) is 4. The fourth-order valence-electron chi connectivity index (χ4n) is 1.25. The molecule has 16 heavy (non-hydrogen) atoms. The van der Waals surface area contributed by atoms with Gasteiger partial charge in [-0.3, -0.25) is 4.79 Å². The largest absolute Gasteiger partial charge is 0.466 e. The molecule has 0 rings (SSSR count). The summed E-state index contributed by atoms with van der Waals surface area (Å²) in [6.45, 7) is 4.18. The minimum atomic E-state index is -1.07. The van der Waals surface area contributed by atoms with Gasteiger partial charge in [0, 0.05) is 6.42 Å². The van der Waals surface area contributed by atoms with Crippen molar-refractivity contribution in [1.82, 2.24) is 0 Å². The van der Waals surface area contributed by atoms with E-state index < -0.39 is 5.97 Å². The van der Waals surface area contributed by atoms with Crippen molar-refractivity contribution in [3.05, 3.63) is 6.92 Å². The van der Waals surface area contributed by atoms with E-state index in [2.05, 4.69) is 6.92 Å². The minimum Gasteiger partial charge on any atom is -0.466 e. The third-order valence-electron chi connectivity index (χ3n) is 2.17. The van der Waals surface area contributed by atoms with Crippen LogP contribution in [0.15, 0.2) is 0 Å². The molecule has 0 fully saturated rings. The highest BCUT2D eigenvalue weighted by atomic mass is 16.5. The van der Waals surface area contributed by atoms with Crippen LogP contribution in [0.2, 0.25) is 0 Å². The van der Waals surface area contributed by atoms with Gasteiger partial charge in [-0.25, -0.2) is 9.90 Å². The number of hydrogen-bond acceptors (Lipinski definition) is 3. The maximum atomic E-state index is 11.1. The van der Waals surface area contributed by atoms with Crippen LogP contribution in [0.25, 0.3) is 0 Å². The van der Waals surface area contributed by atoms with Crippen LogP contribution < -0.4 is 0 Å². The first kappa shape index (κ1) is 14.9. The lowest BCUT2D eigenvalue weighted by Gasteiger charge is -2.03. The maximum absolute atomic E-state index is 11.1. The first-order valence-corrected chi connectivity index (χ1v) is 5.81. The van der Waals surface area contributed by atoms with E-state index in [1.165, 1.54) is 0 Å². The molecule has 0 bridgehead atoms. The number of rotatable bonds is 10. The third-order valence-corrected chi connectivity index (χ3v) is 2.17. The summed E-state index contributed by atoms with van der Waals surface area (Å²) in [6, 6.07) is 0. The Morgan fingerprint density at radius 1 is 0.938 bits per heavy atom. The lowest BCUT2D eigenvalue weighted by atomic mass is 10.2. The van der Waals surface area contributed by atoms with Gasteiger partial charge in [-0.1, -0.05) is 26.2 Å². The summed E-state index contributed by atoms with van der Waals surface area (Å²) in [5, 5.41) is 10.1. The molecule has 0 aliphatic rings. The van der Waals surface area contributed by atoms with Gasteiger partial charge in [0.2, 0.25) is 0 Å². The van der Waals surface area contributed by atoms with Gasteiger partial charge >= 0.3 is 11.9 Å². The first-order chi connectivity index (χ1) is 7.66. The Morgan fingerprint density at radius 3 is 2.25 bits per heavy atom. The van der Waals surface area contributed by atoms with Crippen molar-refractivity contribution in [3.63, 3.8) is 0 Å². The van der Waals surface area contributed by atoms with Gasteiger partial charge in [0.1, 0.15) is 0 Å². The average Bonchev–Trinajstić information content (AvgIpc) is 2.24. The lowest BCUT2D eigenvalue weighted by Crippen LogP contribution is -2.06. The second kappa shape index (κ2) is 10.5. The fraction of sp³-hybridized carbons (Fsp3) is 0.750. The summed E-state index contributed by atoms with van der Waals surface area (Å²) in [5.41, 5.74) is 0. The molecule has 0 atom stereocenters. The van der Waals surface area contributed by atoms with Crippen LogP contribution in [-0.2, 0) is 19.4 Å². The van der Waals surface area contributed by atoms with Gasteiger partial charge < -0.3 is 4.74 Å². The van der Waals surface area contributed by atoms with Crippen LogP contribution >= 0.6 is 0 Å². The van der Waals surface area contributed by atoms with E-state index in [9.17, 15) is 14.7 Å². The number of carbonyl (C=O) groups excluding carboxylic acids is 2. The van der Waals surface area contributed by atoms with Crippen molar-refractivity contribution in [2.45, 2.75) is 51.4 Å². The molecule has 92 valence electrons. The Hall–Kier alpha value is -1.06. The number of ether oxygens (including phenoxy) is 1. The zero-order valence-corrected chi connectivity index (χ0v) is 9.70. The average molecular weight is 228 g/mol. The standard InChI is InChI=1S/C12H20O4/c1-2-3-4-7-10-16-12(15)9-6-5-8-11(13)14/h1-10H2. The molecule has 0 aromatic rings. The molecular weight excluding hydrogens is 208 g/mol. The van der Waals surface area contributed by atoms with Crippen LogP contribution in [0.3, 0.4) is 0 Å². The molecule has 0 unspecified atom stereocenters. The van der Waals surface area contributed by atoms with Crippen molar-refractivity contribution in [2.24, 2.45) is 0 Å². The Labute approximate surface area is 97.0 Å². The normalized spacial score (nSPS) is 10.1. The number of hydrogen-bond donors (Lipinski definition) is 0. The molecule has 0 N–H and O–H groups in total. The molecule has 0 aromatic heterocycles. The monoisotopic (exact) mass is 228 g/mol. The van der Waals surface area contributed by atoms with Crippen molar-refractivity contribution in [3.8, 4) is 0 Å². The van der Waals surface area contributed by atoms with Gasteiger partial charge in [-0.05, 0) is 19.3 Å². The summed E-state index contributed by atoms with van der Waals surface area (Å²) in [7, 11) is 0. The maximum Gasteiger partial charge on any atom is 0.355 e. The molecule has 0 saturated carbocycles.